The fourth-order valence-electron chi connectivity index (χ4n) is 2.07. The maximum absolute atomic E-state index is 12.4. The molecule has 1 aliphatic rings. The number of nitrogens with zero attached hydrogens (tertiary/aromatic N) is 2. The van der Waals surface area contributed by atoms with Gasteiger partial charge in [-0.2, -0.15) is 0 Å². The molecule has 1 heterocycles. The van der Waals surface area contributed by atoms with Gasteiger partial charge in [-0.15, -0.1) is 0 Å². The second-order valence-corrected chi connectivity index (χ2v) is 6.87. The lowest BCUT2D eigenvalue weighted by molar-refractivity contribution is -0.121. The Morgan fingerprint density at radius 1 is 1.22 bits per heavy atom. The van der Waals surface area contributed by atoms with Gasteiger partial charge in [-0.05, 0) is 47.7 Å². The first-order chi connectivity index (χ1) is 11.0. The summed E-state index contributed by atoms with van der Waals surface area (Å²) in [6, 6.07) is 14.4. The lowest BCUT2D eigenvalue weighted by Crippen LogP contribution is -2.23. The minimum atomic E-state index is -0.0890. The first-order valence-corrected chi connectivity index (χ1v) is 8.45. The minimum Gasteiger partial charge on any atom is -0.508 e. The van der Waals surface area contributed by atoms with E-state index < -0.39 is 0 Å². The van der Waals surface area contributed by atoms with E-state index in [9.17, 15) is 9.90 Å². The van der Waals surface area contributed by atoms with E-state index in [2.05, 4.69) is 20.9 Å². The number of rotatable bonds is 2. The highest BCUT2D eigenvalue weighted by molar-refractivity contribution is 9.10. The first kappa shape index (κ1) is 15.8. The Hall–Kier alpha value is -2.05. The predicted octanol–water partition coefficient (Wildman–Crippen LogP) is 4.39. The fraction of sp³-hybridized carbons (Fsp3) is 0.0588. The lowest BCUT2D eigenvalue weighted by atomic mass is 10.2. The highest BCUT2D eigenvalue weighted by Crippen LogP contribution is 2.33. The van der Waals surface area contributed by atoms with Crippen molar-refractivity contribution in [2.24, 2.45) is 4.99 Å². The zero-order chi connectivity index (χ0) is 16.4. The Balaban J connectivity index is 1.91. The van der Waals surface area contributed by atoms with Gasteiger partial charge < -0.3 is 5.11 Å². The maximum atomic E-state index is 12.4. The number of carbonyl (C=O) groups is 1. The smallest absolute Gasteiger partial charge is 0.266 e. The highest BCUT2D eigenvalue weighted by Gasteiger charge is 2.30. The predicted molar refractivity (Wildman–Crippen MR) is 97.7 cm³/mol. The molecule has 2 aromatic rings. The van der Waals surface area contributed by atoms with E-state index in [0.29, 0.717) is 15.8 Å². The third-order valence-electron chi connectivity index (χ3n) is 3.20. The second kappa shape index (κ2) is 6.60. The van der Waals surface area contributed by atoms with Gasteiger partial charge >= 0.3 is 0 Å². The highest BCUT2D eigenvalue weighted by atomic mass is 79.9. The van der Waals surface area contributed by atoms with Gasteiger partial charge in [0.15, 0.2) is 5.17 Å². The van der Waals surface area contributed by atoms with Crippen molar-refractivity contribution >= 4 is 50.5 Å². The third kappa shape index (κ3) is 3.65. The number of phenolic OH excluding ortho intramolecular Hbond substituents is 1. The fourth-order valence-corrected chi connectivity index (χ4v) is 3.48. The van der Waals surface area contributed by atoms with E-state index in [1.54, 1.807) is 31.3 Å². The second-order valence-electron chi connectivity index (χ2n) is 4.94. The van der Waals surface area contributed by atoms with Crippen molar-refractivity contribution in [2.75, 3.05) is 7.05 Å². The quantitative estimate of drug-likeness (QED) is 0.776. The van der Waals surface area contributed by atoms with Gasteiger partial charge in [0.1, 0.15) is 5.75 Å². The number of thioether (sulfide) groups is 1. The number of hydrogen-bond acceptors (Lipinski definition) is 4. The molecule has 116 valence electrons. The molecule has 1 amide bonds. The molecule has 3 rings (SSSR count). The molecule has 0 saturated carbocycles. The van der Waals surface area contributed by atoms with Crippen molar-refractivity contribution in [3.8, 4) is 5.75 Å². The van der Waals surface area contributed by atoms with Gasteiger partial charge in [0, 0.05) is 17.6 Å². The van der Waals surface area contributed by atoms with Crippen LogP contribution in [-0.2, 0) is 4.79 Å². The van der Waals surface area contributed by atoms with E-state index >= 15 is 0 Å². The van der Waals surface area contributed by atoms with Gasteiger partial charge in [0.2, 0.25) is 0 Å². The molecule has 0 bridgehead atoms. The molecule has 1 fully saturated rings. The van der Waals surface area contributed by atoms with Gasteiger partial charge in [-0.3, -0.25) is 9.69 Å². The zero-order valence-electron chi connectivity index (χ0n) is 12.2. The van der Waals surface area contributed by atoms with Crippen molar-refractivity contribution < 1.29 is 9.90 Å². The zero-order valence-corrected chi connectivity index (χ0v) is 14.6. The van der Waals surface area contributed by atoms with Crippen molar-refractivity contribution in [3.05, 3.63) is 63.5 Å². The molecule has 6 heteroatoms. The van der Waals surface area contributed by atoms with Crippen LogP contribution >= 0.6 is 27.7 Å². The third-order valence-corrected chi connectivity index (χ3v) is 4.76. The Kier molecular flexibility index (Phi) is 4.54. The molecule has 0 radical (unpaired) electrons. The Morgan fingerprint density at radius 2 is 2.00 bits per heavy atom. The van der Waals surface area contributed by atoms with Crippen molar-refractivity contribution in [1.82, 2.24) is 4.90 Å². The number of amidine groups is 1. The summed E-state index contributed by atoms with van der Waals surface area (Å²) in [4.78, 5) is 18.9. The number of aromatic hydroxyl groups is 1. The number of carbonyl (C=O) groups excluding carboxylic acids is 1. The molecule has 1 saturated heterocycles. The van der Waals surface area contributed by atoms with Crippen LogP contribution in [0.3, 0.4) is 0 Å². The summed E-state index contributed by atoms with van der Waals surface area (Å²) in [6.07, 6.45) is 1.85. The monoisotopic (exact) mass is 388 g/mol. The number of aliphatic imine (C=N–C) groups is 1. The first-order valence-electron chi connectivity index (χ1n) is 6.84. The average molecular weight is 389 g/mol. The molecule has 0 aliphatic carbocycles. The summed E-state index contributed by atoms with van der Waals surface area (Å²) in [5.41, 5.74) is 1.55. The molecule has 0 aromatic heterocycles. The number of halogens is 1. The standard InChI is InChI=1S/C17H13BrN2O2S/c1-20-16(22)15(9-11-4-2-5-12(18)8-11)23-17(20)19-13-6-3-7-14(21)10-13/h2-10,21H,1H3/b15-9-,19-17?. The average Bonchev–Trinajstić information content (AvgIpc) is 2.76. The van der Waals surface area contributed by atoms with E-state index in [-0.39, 0.29) is 11.7 Å². The Labute approximate surface area is 146 Å². The van der Waals surface area contributed by atoms with Crippen LogP contribution in [0.2, 0.25) is 0 Å². The van der Waals surface area contributed by atoms with E-state index in [0.717, 1.165) is 10.0 Å². The molecular weight excluding hydrogens is 376 g/mol. The van der Waals surface area contributed by atoms with Crippen molar-refractivity contribution in [2.45, 2.75) is 0 Å². The van der Waals surface area contributed by atoms with Gasteiger partial charge in [-0.25, -0.2) is 4.99 Å². The molecule has 0 spiro atoms. The number of amides is 1. The molecule has 1 aliphatic heterocycles. The van der Waals surface area contributed by atoms with E-state index in [4.69, 9.17) is 0 Å². The summed E-state index contributed by atoms with van der Waals surface area (Å²) in [7, 11) is 1.69. The molecule has 2 aromatic carbocycles. The maximum Gasteiger partial charge on any atom is 0.266 e. The number of benzene rings is 2. The SMILES string of the molecule is CN1C(=O)/C(=C/c2cccc(Br)c2)SC1=Nc1cccc(O)c1. The molecular formula is C17H13BrN2O2S. The van der Waals surface area contributed by atoms with E-state index in [1.807, 2.05) is 30.3 Å². The number of phenols is 1. The largest absolute Gasteiger partial charge is 0.508 e. The number of likely N-dealkylation sites (N-methyl/N-ethyl adjacent to an activating group) is 1. The summed E-state index contributed by atoms with van der Waals surface area (Å²) < 4.78 is 0.962. The minimum absolute atomic E-state index is 0.0890. The van der Waals surface area contributed by atoms with Crippen LogP contribution in [0.4, 0.5) is 5.69 Å². The Morgan fingerprint density at radius 3 is 2.74 bits per heavy atom. The topological polar surface area (TPSA) is 52.9 Å². The van der Waals surface area contributed by atoms with Gasteiger partial charge in [0.05, 0.1) is 10.6 Å². The van der Waals surface area contributed by atoms with Crippen LogP contribution in [0.5, 0.6) is 5.75 Å². The van der Waals surface area contributed by atoms with Gasteiger partial charge in [-0.1, -0.05) is 34.1 Å². The van der Waals surface area contributed by atoms with Crippen molar-refractivity contribution in [1.29, 1.82) is 0 Å². The molecule has 0 unspecified atom stereocenters. The molecule has 0 atom stereocenters. The normalized spacial score (nSPS) is 18.2. The van der Waals surface area contributed by atoms with Crippen LogP contribution in [0.25, 0.3) is 6.08 Å². The summed E-state index contributed by atoms with van der Waals surface area (Å²) in [6.45, 7) is 0. The molecule has 4 nitrogen and oxygen atoms in total. The van der Waals surface area contributed by atoms with Crippen LogP contribution in [0, 0.1) is 0 Å². The van der Waals surface area contributed by atoms with Crippen LogP contribution < -0.4 is 0 Å². The molecule has 23 heavy (non-hydrogen) atoms. The number of hydrogen-bond donors (Lipinski definition) is 1. The van der Waals surface area contributed by atoms with Crippen molar-refractivity contribution in [3.63, 3.8) is 0 Å². The Bertz CT molecular complexity index is 833. The van der Waals surface area contributed by atoms with Crippen LogP contribution in [-0.4, -0.2) is 28.1 Å². The summed E-state index contributed by atoms with van der Waals surface area (Å²) in [5.74, 6) is 0.0580. The van der Waals surface area contributed by atoms with Crippen LogP contribution in [0.1, 0.15) is 5.56 Å². The van der Waals surface area contributed by atoms with E-state index in [1.165, 1.54) is 16.7 Å². The molecule has 1 N–H and O–H groups in total. The summed E-state index contributed by atoms with van der Waals surface area (Å²) in [5, 5.41) is 10.1. The van der Waals surface area contributed by atoms with Gasteiger partial charge in [0.25, 0.3) is 5.91 Å². The van der Waals surface area contributed by atoms with Crippen LogP contribution in [0.15, 0.2) is 62.9 Å². The lowest BCUT2D eigenvalue weighted by Gasteiger charge is -2.07. The summed E-state index contributed by atoms with van der Waals surface area (Å²) >= 11 is 4.74.